The van der Waals surface area contributed by atoms with Crippen LogP contribution in [0.3, 0.4) is 0 Å². The fourth-order valence-corrected chi connectivity index (χ4v) is 2.85. The molecule has 1 aromatic carbocycles. The van der Waals surface area contributed by atoms with Crippen molar-refractivity contribution in [2.45, 2.75) is 0 Å². The van der Waals surface area contributed by atoms with Crippen molar-refractivity contribution < 1.29 is 14.7 Å². The largest absolute Gasteiger partial charge is 0.481 e. The molecule has 1 atom stereocenters. The highest BCUT2D eigenvalue weighted by atomic mass is 16.4. The Hall–Kier alpha value is -2.08. The molecular formula is C15H19N3O3. The minimum absolute atomic E-state index is 0.160. The van der Waals surface area contributed by atoms with Gasteiger partial charge in [0.1, 0.15) is 5.92 Å². The van der Waals surface area contributed by atoms with Gasteiger partial charge in [-0.15, -0.1) is 0 Å². The van der Waals surface area contributed by atoms with Crippen molar-refractivity contribution in [3.8, 4) is 0 Å². The molecule has 1 aromatic rings. The zero-order valence-corrected chi connectivity index (χ0v) is 12.0. The number of carboxylic acids is 1. The topological polar surface area (TPSA) is 72.9 Å². The smallest absolute Gasteiger partial charge is 0.316 e. The number of nitrogens with zero attached hydrogens (tertiary/aromatic N) is 2. The number of carboxylic acid groups (broad SMARTS) is 1. The summed E-state index contributed by atoms with van der Waals surface area (Å²) in [6.07, 6.45) is 0. The van der Waals surface area contributed by atoms with Crippen molar-refractivity contribution in [2.24, 2.45) is 5.92 Å². The van der Waals surface area contributed by atoms with Crippen LogP contribution < -0.4 is 10.2 Å². The molecule has 112 valence electrons. The summed E-state index contributed by atoms with van der Waals surface area (Å²) in [6.45, 7) is 4.12. The second-order valence-electron chi connectivity index (χ2n) is 5.66. The van der Waals surface area contributed by atoms with E-state index >= 15 is 0 Å². The van der Waals surface area contributed by atoms with Crippen LogP contribution in [0.25, 0.3) is 0 Å². The number of rotatable bonds is 2. The Morgan fingerprint density at radius 3 is 2.67 bits per heavy atom. The normalized spacial score (nSPS) is 22.6. The lowest BCUT2D eigenvalue weighted by Gasteiger charge is -2.34. The monoisotopic (exact) mass is 289 g/mol. The van der Waals surface area contributed by atoms with E-state index in [1.807, 2.05) is 12.1 Å². The average Bonchev–Trinajstić information content (AvgIpc) is 2.47. The van der Waals surface area contributed by atoms with E-state index in [1.54, 1.807) is 6.07 Å². The zero-order chi connectivity index (χ0) is 15.0. The molecule has 0 aromatic heterocycles. The third-order valence-electron chi connectivity index (χ3n) is 4.25. The summed E-state index contributed by atoms with van der Waals surface area (Å²) in [7, 11) is 2.11. The Bertz CT molecular complexity index is 580. The van der Waals surface area contributed by atoms with Crippen LogP contribution in [0.4, 0.5) is 11.4 Å². The van der Waals surface area contributed by atoms with Gasteiger partial charge in [0.05, 0.1) is 0 Å². The Morgan fingerprint density at radius 2 is 2.00 bits per heavy atom. The number of ketones is 1. The Labute approximate surface area is 123 Å². The van der Waals surface area contributed by atoms with E-state index < -0.39 is 11.9 Å². The second kappa shape index (κ2) is 5.37. The molecule has 2 heterocycles. The van der Waals surface area contributed by atoms with E-state index in [0.717, 1.165) is 37.6 Å². The van der Waals surface area contributed by atoms with Gasteiger partial charge in [0, 0.05) is 49.7 Å². The molecule has 0 amide bonds. The first-order valence-corrected chi connectivity index (χ1v) is 7.14. The number of hydrogen-bond acceptors (Lipinski definition) is 5. The van der Waals surface area contributed by atoms with Crippen LogP contribution in [0.5, 0.6) is 0 Å². The van der Waals surface area contributed by atoms with Gasteiger partial charge in [-0.05, 0) is 25.2 Å². The fourth-order valence-electron chi connectivity index (χ4n) is 2.85. The predicted molar refractivity (Wildman–Crippen MR) is 80.1 cm³/mol. The first-order chi connectivity index (χ1) is 10.1. The van der Waals surface area contributed by atoms with Gasteiger partial charge in [-0.2, -0.15) is 0 Å². The molecule has 1 fully saturated rings. The van der Waals surface area contributed by atoms with E-state index in [4.69, 9.17) is 5.11 Å². The number of fused-ring (bicyclic) bond motifs is 1. The zero-order valence-electron chi connectivity index (χ0n) is 12.0. The molecule has 0 spiro atoms. The van der Waals surface area contributed by atoms with Crippen molar-refractivity contribution in [1.29, 1.82) is 0 Å². The van der Waals surface area contributed by atoms with Crippen LogP contribution in [0.1, 0.15) is 10.4 Å². The number of piperazine rings is 1. The minimum atomic E-state index is -1.07. The number of nitrogens with one attached hydrogen (secondary N) is 1. The molecule has 1 unspecified atom stereocenters. The van der Waals surface area contributed by atoms with E-state index in [1.165, 1.54) is 0 Å². The van der Waals surface area contributed by atoms with Gasteiger partial charge >= 0.3 is 5.97 Å². The van der Waals surface area contributed by atoms with E-state index in [9.17, 15) is 9.59 Å². The second-order valence-corrected chi connectivity index (χ2v) is 5.66. The van der Waals surface area contributed by atoms with E-state index in [2.05, 4.69) is 22.2 Å². The maximum absolute atomic E-state index is 12.1. The number of aliphatic carboxylic acids is 1. The maximum Gasteiger partial charge on any atom is 0.316 e. The van der Waals surface area contributed by atoms with Crippen molar-refractivity contribution in [2.75, 3.05) is 50.0 Å². The van der Waals surface area contributed by atoms with Crippen LogP contribution in [0.15, 0.2) is 18.2 Å². The quantitative estimate of drug-likeness (QED) is 0.783. The fraction of sp³-hybridized carbons (Fsp3) is 0.467. The third kappa shape index (κ3) is 2.58. The van der Waals surface area contributed by atoms with Crippen molar-refractivity contribution >= 4 is 23.1 Å². The van der Waals surface area contributed by atoms with Crippen molar-refractivity contribution in [3.63, 3.8) is 0 Å². The summed E-state index contributed by atoms with van der Waals surface area (Å²) in [5.41, 5.74) is 2.30. The molecule has 0 bridgehead atoms. The number of anilines is 2. The number of benzene rings is 1. The van der Waals surface area contributed by atoms with Crippen molar-refractivity contribution in [3.05, 3.63) is 23.8 Å². The molecule has 6 heteroatoms. The number of carbonyl (C=O) groups is 2. The molecular weight excluding hydrogens is 270 g/mol. The first kappa shape index (κ1) is 13.9. The number of carbonyl (C=O) groups excluding carboxylic acids is 1. The summed E-state index contributed by atoms with van der Waals surface area (Å²) in [6, 6.07) is 5.61. The lowest BCUT2D eigenvalue weighted by molar-refractivity contribution is -0.139. The molecule has 3 rings (SSSR count). The predicted octanol–water partition coefficient (Wildman–Crippen LogP) is 0.747. The highest BCUT2D eigenvalue weighted by molar-refractivity contribution is 6.13. The molecule has 0 radical (unpaired) electrons. The third-order valence-corrected chi connectivity index (χ3v) is 4.25. The van der Waals surface area contributed by atoms with Gasteiger partial charge in [-0.25, -0.2) is 0 Å². The number of likely N-dealkylation sites (N-methyl/N-ethyl adjacent to an activating group) is 1. The van der Waals surface area contributed by atoms with E-state index in [0.29, 0.717) is 5.56 Å². The highest BCUT2D eigenvalue weighted by Crippen LogP contribution is 2.29. The lowest BCUT2D eigenvalue weighted by atomic mass is 9.92. The number of Topliss-reactive ketones (excluding diaryl/α,β-unsaturated/α-hetero) is 1. The van der Waals surface area contributed by atoms with Crippen LogP contribution >= 0.6 is 0 Å². The maximum atomic E-state index is 12.1. The average molecular weight is 289 g/mol. The molecule has 2 N–H and O–H groups in total. The van der Waals surface area contributed by atoms with Crippen LogP contribution in [-0.2, 0) is 4.79 Å². The first-order valence-electron chi connectivity index (χ1n) is 7.14. The minimum Gasteiger partial charge on any atom is -0.481 e. The van der Waals surface area contributed by atoms with Gasteiger partial charge < -0.3 is 20.2 Å². The number of hydrogen-bond donors (Lipinski definition) is 2. The van der Waals surface area contributed by atoms with Gasteiger partial charge in [-0.1, -0.05) is 0 Å². The van der Waals surface area contributed by atoms with Crippen LogP contribution in [-0.4, -0.2) is 61.5 Å². The van der Waals surface area contributed by atoms with Gasteiger partial charge in [0.25, 0.3) is 0 Å². The molecule has 1 saturated heterocycles. The van der Waals surface area contributed by atoms with Gasteiger partial charge in [0.15, 0.2) is 5.78 Å². The summed E-state index contributed by atoms with van der Waals surface area (Å²) in [4.78, 5) is 27.8. The van der Waals surface area contributed by atoms with Crippen LogP contribution in [0.2, 0.25) is 0 Å². The molecule has 0 aliphatic carbocycles. The molecule has 6 nitrogen and oxygen atoms in total. The molecule has 21 heavy (non-hydrogen) atoms. The molecule has 0 saturated carbocycles. The van der Waals surface area contributed by atoms with Gasteiger partial charge in [-0.3, -0.25) is 9.59 Å². The van der Waals surface area contributed by atoms with Gasteiger partial charge in [0.2, 0.25) is 0 Å². The highest BCUT2D eigenvalue weighted by Gasteiger charge is 2.33. The Morgan fingerprint density at radius 1 is 1.29 bits per heavy atom. The lowest BCUT2D eigenvalue weighted by Crippen LogP contribution is -2.44. The Kier molecular flexibility index (Phi) is 3.55. The summed E-state index contributed by atoms with van der Waals surface area (Å²) >= 11 is 0. The van der Waals surface area contributed by atoms with E-state index in [-0.39, 0.29) is 12.3 Å². The molecule has 2 aliphatic heterocycles. The molecule has 2 aliphatic rings. The van der Waals surface area contributed by atoms with Crippen molar-refractivity contribution in [1.82, 2.24) is 4.90 Å². The Balaban J connectivity index is 1.83. The standard InChI is InChI=1S/C15H19N3O3/c1-17-4-6-18(7-5-17)10-2-3-11-13(8-10)16-9-12(14(11)19)15(20)21/h2-3,8,12,16H,4-7,9H2,1H3,(H,20,21). The summed E-state index contributed by atoms with van der Waals surface area (Å²) < 4.78 is 0. The van der Waals surface area contributed by atoms with Crippen LogP contribution in [0, 0.1) is 5.92 Å². The SMILES string of the molecule is CN1CCN(c2ccc3c(c2)NCC(C(=O)O)C3=O)CC1. The summed E-state index contributed by atoms with van der Waals surface area (Å²) in [5.74, 6) is -2.35. The summed E-state index contributed by atoms with van der Waals surface area (Å²) in [5, 5.41) is 12.1.